The number of hydrogen-bond acceptors (Lipinski definition) is 3. The zero-order chi connectivity index (χ0) is 10.8. The summed E-state index contributed by atoms with van der Waals surface area (Å²) in [5.74, 6) is 0. The van der Waals surface area contributed by atoms with Crippen LogP contribution in [0.4, 0.5) is 0 Å². The van der Waals surface area contributed by atoms with E-state index in [0.717, 1.165) is 26.1 Å². The second-order valence-corrected chi connectivity index (χ2v) is 3.33. The molecule has 1 aromatic heterocycles. The predicted molar refractivity (Wildman–Crippen MR) is 59.8 cm³/mol. The number of hydrogen-bond donors (Lipinski definition) is 2. The highest BCUT2D eigenvalue weighted by atomic mass is 16.5. The van der Waals surface area contributed by atoms with Crippen LogP contribution in [0.25, 0.3) is 0 Å². The van der Waals surface area contributed by atoms with Crippen LogP contribution in [0.2, 0.25) is 0 Å². The van der Waals surface area contributed by atoms with Gasteiger partial charge in [-0.05, 0) is 25.1 Å². The molecule has 1 rings (SSSR count). The van der Waals surface area contributed by atoms with Crippen LogP contribution < -0.4 is 5.32 Å². The van der Waals surface area contributed by atoms with Gasteiger partial charge in [-0.2, -0.15) is 0 Å². The summed E-state index contributed by atoms with van der Waals surface area (Å²) in [6, 6.07) is 4.08. The lowest BCUT2D eigenvalue weighted by Gasteiger charge is -2.04. The Morgan fingerprint density at radius 2 is 2.27 bits per heavy atom. The molecule has 0 atom stereocenters. The zero-order valence-electron chi connectivity index (χ0n) is 9.29. The SMILES string of the molecule is COCCOCCCNCc1ccc[nH]1. The highest BCUT2D eigenvalue weighted by molar-refractivity contribution is 5.02. The Kier molecular flexibility index (Phi) is 6.90. The largest absolute Gasteiger partial charge is 0.382 e. The van der Waals surface area contributed by atoms with E-state index in [9.17, 15) is 0 Å². The quantitative estimate of drug-likeness (QED) is 0.604. The Labute approximate surface area is 91.0 Å². The molecule has 0 amide bonds. The van der Waals surface area contributed by atoms with Crippen molar-refractivity contribution in [3.05, 3.63) is 24.0 Å². The molecule has 0 saturated carbocycles. The maximum Gasteiger partial charge on any atom is 0.0700 e. The number of aromatic amines is 1. The third-order valence-corrected chi connectivity index (χ3v) is 2.05. The van der Waals surface area contributed by atoms with E-state index in [2.05, 4.69) is 16.4 Å². The van der Waals surface area contributed by atoms with E-state index < -0.39 is 0 Å². The summed E-state index contributed by atoms with van der Waals surface area (Å²) >= 11 is 0. The van der Waals surface area contributed by atoms with Crippen molar-refractivity contribution in [1.29, 1.82) is 0 Å². The summed E-state index contributed by atoms with van der Waals surface area (Å²) in [5.41, 5.74) is 1.22. The molecular formula is C11H20N2O2. The van der Waals surface area contributed by atoms with Gasteiger partial charge in [0.25, 0.3) is 0 Å². The first-order valence-electron chi connectivity index (χ1n) is 5.33. The van der Waals surface area contributed by atoms with Gasteiger partial charge in [-0.25, -0.2) is 0 Å². The Bertz CT molecular complexity index is 225. The molecule has 1 aromatic rings. The van der Waals surface area contributed by atoms with Gasteiger partial charge in [0, 0.05) is 32.2 Å². The Hall–Kier alpha value is -0.840. The van der Waals surface area contributed by atoms with E-state index in [1.807, 2.05) is 12.3 Å². The second kappa shape index (κ2) is 8.47. The smallest absolute Gasteiger partial charge is 0.0700 e. The van der Waals surface area contributed by atoms with Gasteiger partial charge in [0.15, 0.2) is 0 Å². The fourth-order valence-electron chi connectivity index (χ4n) is 1.24. The summed E-state index contributed by atoms with van der Waals surface area (Å²) in [6.07, 6.45) is 2.97. The summed E-state index contributed by atoms with van der Waals surface area (Å²) in [7, 11) is 1.68. The molecule has 0 bridgehead atoms. The third kappa shape index (κ3) is 6.28. The van der Waals surface area contributed by atoms with Gasteiger partial charge in [-0.3, -0.25) is 0 Å². The maximum absolute atomic E-state index is 5.34. The molecule has 0 saturated heterocycles. The number of ether oxygens (including phenoxy) is 2. The van der Waals surface area contributed by atoms with Crippen molar-refractivity contribution in [1.82, 2.24) is 10.3 Å². The van der Waals surface area contributed by atoms with Gasteiger partial charge in [0.05, 0.1) is 13.2 Å². The Balaban J connectivity index is 1.81. The molecule has 0 aromatic carbocycles. The summed E-state index contributed by atoms with van der Waals surface area (Å²) in [4.78, 5) is 3.15. The molecule has 4 heteroatoms. The van der Waals surface area contributed by atoms with Crippen LogP contribution in [0.5, 0.6) is 0 Å². The predicted octanol–water partition coefficient (Wildman–Crippen LogP) is 1.16. The number of methoxy groups -OCH3 is 1. The van der Waals surface area contributed by atoms with Gasteiger partial charge in [-0.15, -0.1) is 0 Å². The Morgan fingerprint density at radius 3 is 3.00 bits per heavy atom. The molecule has 2 N–H and O–H groups in total. The van der Waals surface area contributed by atoms with E-state index in [1.54, 1.807) is 7.11 Å². The molecule has 0 aliphatic heterocycles. The van der Waals surface area contributed by atoms with Gasteiger partial charge < -0.3 is 19.8 Å². The minimum absolute atomic E-state index is 0.676. The van der Waals surface area contributed by atoms with Crippen molar-refractivity contribution in [3.63, 3.8) is 0 Å². The van der Waals surface area contributed by atoms with Gasteiger partial charge in [-0.1, -0.05) is 0 Å². The average Bonchev–Trinajstić information content (AvgIpc) is 2.75. The standard InChI is InChI=1S/C11H20N2O2/c1-14-8-9-15-7-3-5-12-10-11-4-2-6-13-11/h2,4,6,12-13H,3,5,7-10H2,1H3. The first-order valence-corrected chi connectivity index (χ1v) is 5.33. The van der Waals surface area contributed by atoms with E-state index in [-0.39, 0.29) is 0 Å². The van der Waals surface area contributed by atoms with Crippen LogP contribution >= 0.6 is 0 Å². The molecule has 0 fully saturated rings. The van der Waals surface area contributed by atoms with E-state index in [0.29, 0.717) is 13.2 Å². The zero-order valence-corrected chi connectivity index (χ0v) is 9.29. The number of H-pyrrole nitrogens is 1. The van der Waals surface area contributed by atoms with Crippen LogP contribution in [-0.4, -0.2) is 38.5 Å². The van der Waals surface area contributed by atoms with Gasteiger partial charge in [0.1, 0.15) is 0 Å². The van der Waals surface area contributed by atoms with Crippen molar-refractivity contribution in [2.45, 2.75) is 13.0 Å². The number of nitrogens with one attached hydrogen (secondary N) is 2. The van der Waals surface area contributed by atoms with Crippen LogP contribution in [0.15, 0.2) is 18.3 Å². The highest BCUT2D eigenvalue weighted by Crippen LogP contribution is 1.92. The number of rotatable bonds is 9. The molecule has 4 nitrogen and oxygen atoms in total. The van der Waals surface area contributed by atoms with E-state index in [1.165, 1.54) is 5.69 Å². The van der Waals surface area contributed by atoms with E-state index >= 15 is 0 Å². The second-order valence-electron chi connectivity index (χ2n) is 3.33. The minimum atomic E-state index is 0.676. The number of aromatic nitrogens is 1. The van der Waals surface area contributed by atoms with Crippen LogP contribution in [0.3, 0.4) is 0 Å². The van der Waals surface area contributed by atoms with Crippen molar-refractivity contribution < 1.29 is 9.47 Å². The summed E-state index contributed by atoms with van der Waals surface area (Å²) in [6.45, 7) is 4.03. The minimum Gasteiger partial charge on any atom is -0.382 e. The maximum atomic E-state index is 5.34. The van der Waals surface area contributed by atoms with Gasteiger partial charge >= 0.3 is 0 Å². The molecule has 1 heterocycles. The Morgan fingerprint density at radius 1 is 1.33 bits per heavy atom. The molecule has 86 valence electrons. The molecule has 15 heavy (non-hydrogen) atoms. The topological polar surface area (TPSA) is 46.3 Å². The molecule has 0 aliphatic rings. The van der Waals surface area contributed by atoms with Crippen molar-refractivity contribution in [3.8, 4) is 0 Å². The normalized spacial score (nSPS) is 10.7. The van der Waals surface area contributed by atoms with E-state index in [4.69, 9.17) is 9.47 Å². The molecule has 0 radical (unpaired) electrons. The van der Waals surface area contributed by atoms with Crippen LogP contribution in [0.1, 0.15) is 12.1 Å². The fraction of sp³-hybridized carbons (Fsp3) is 0.636. The fourth-order valence-corrected chi connectivity index (χ4v) is 1.24. The monoisotopic (exact) mass is 212 g/mol. The van der Waals surface area contributed by atoms with Crippen molar-refractivity contribution >= 4 is 0 Å². The lowest BCUT2D eigenvalue weighted by atomic mass is 10.4. The molecule has 0 spiro atoms. The van der Waals surface area contributed by atoms with Crippen molar-refractivity contribution in [2.24, 2.45) is 0 Å². The van der Waals surface area contributed by atoms with Crippen LogP contribution in [0, 0.1) is 0 Å². The third-order valence-electron chi connectivity index (χ3n) is 2.05. The first-order chi connectivity index (χ1) is 7.43. The summed E-state index contributed by atoms with van der Waals surface area (Å²) < 4.78 is 10.2. The lowest BCUT2D eigenvalue weighted by molar-refractivity contribution is 0.0694. The highest BCUT2D eigenvalue weighted by Gasteiger charge is 1.92. The van der Waals surface area contributed by atoms with Crippen molar-refractivity contribution in [2.75, 3.05) is 33.5 Å². The first kappa shape index (κ1) is 12.2. The lowest BCUT2D eigenvalue weighted by Crippen LogP contribution is -2.17. The van der Waals surface area contributed by atoms with Gasteiger partial charge in [0.2, 0.25) is 0 Å². The molecular weight excluding hydrogens is 192 g/mol. The molecule has 0 unspecified atom stereocenters. The molecule has 0 aliphatic carbocycles. The average molecular weight is 212 g/mol. The summed E-state index contributed by atoms with van der Waals surface area (Å²) in [5, 5.41) is 3.34. The van der Waals surface area contributed by atoms with Crippen LogP contribution in [-0.2, 0) is 16.0 Å².